The van der Waals surface area contributed by atoms with Gasteiger partial charge in [0.25, 0.3) is 5.91 Å². The average molecular weight is 400 g/mol. The molecule has 0 heterocycles. The van der Waals surface area contributed by atoms with Crippen LogP contribution in [0.5, 0.6) is 0 Å². The fraction of sp³-hybridized carbons (Fsp3) is 0.167. The van der Waals surface area contributed by atoms with Crippen LogP contribution >= 0.6 is 0 Å². The molecule has 30 heavy (non-hydrogen) atoms. The third-order valence-corrected chi connectivity index (χ3v) is 4.78. The van der Waals surface area contributed by atoms with E-state index in [0.717, 1.165) is 24.1 Å². The van der Waals surface area contributed by atoms with Crippen LogP contribution < -0.4 is 21.1 Å². The van der Waals surface area contributed by atoms with Gasteiger partial charge in [-0.05, 0) is 48.7 Å². The highest BCUT2D eigenvalue weighted by molar-refractivity contribution is 5.97. The van der Waals surface area contributed by atoms with Gasteiger partial charge in [0.1, 0.15) is 0 Å². The van der Waals surface area contributed by atoms with Gasteiger partial charge in [-0.25, -0.2) is 4.79 Å². The third-order valence-electron chi connectivity index (χ3n) is 4.78. The standard InChI is InChI=1S/C24H24N4O2/c29-23(19-10-7-11-21(16-19)26-24(30)25-20-14-15-20)27-28(22-12-5-2-6-13-22)17-18-8-3-1-4-9-18/h1-13,16,20H,14-15,17H2,(H,27,29)(H2,25,26,30). The first kappa shape index (κ1) is 19.5. The summed E-state index contributed by atoms with van der Waals surface area (Å²) >= 11 is 0. The molecule has 0 aliphatic heterocycles. The van der Waals surface area contributed by atoms with E-state index >= 15 is 0 Å². The first-order valence-electron chi connectivity index (χ1n) is 10.0. The number of para-hydroxylation sites is 1. The van der Waals surface area contributed by atoms with Gasteiger partial charge in [-0.1, -0.05) is 54.6 Å². The van der Waals surface area contributed by atoms with E-state index in [0.29, 0.717) is 17.8 Å². The van der Waals surface area contributed by atoms with Gasteiger partial charge in [0.05, 0.1) is 12.2 Å². The quantitative estimate of drug-likeness (QED) is 0.517. The van der Waals surface area contributed by atoms with Crippen molar-refractivity contribution in [2.45, 2.75) is 25.4 Å². The molecule has 0 radical (unpaired) electrons. The maximum atomic E-state index is 13.0. The molecule has 0 bridgehead atoms. The van der Waals surface area contributed by atoms with E-state index in [9.17, 15) is 9.59 Å². The van der Waals surface area contributed by atoms with Crippen molar-refractivity contribution in [1.29, 1.82) is 0 Å². The van der Waals surface area contributed by atoms with E-state index < -0.39 is 0 Å². The number of hydrogen-bond donors (Lipinski definition) is 3. The van der Waals surface area contributed by atoms with Crippen molar-refractivity contribution in [3.05, 3.63) is 96.1 Å². The van der Waals surface area contributed by atoms with Gasteiger partial charge in [-0.2, -0.15) is 0 Å². The number of hydrazine groups is 1. The van der Waals surface area contributed by atoms with Crippen LogP contribution in [0, 0.1) is 0 Å². The molecule has 152 valence electrons. The number of nitrogens with zero attached hydrogens (tertiary/aromatic N) is 1. The molecule has 0 spiro atoms. The number of carbonyl (C=O) groups excluding carboxylic acids is 2. The zero-order chi connectivity index (χ0) is 20.8. The summed E-state index contributed by atoms with van der Waals surface area (Å²) in [4.78, 5) is 24.9. The van der Waals surface area contributed by atoms with E-state index in [-0.39, 0.29) is 18.0 Å². The van der Waals surface area contributed by atoms with Crippen LogP contribution in [-0.4, -0.2) is 18.0 Å². The van der Waals surface area contributed by atoms with Crippen LogP contribution in [0.2, 0.25) is 0 Å². The van der Waals surface area contributed by atoms with Crippen LogP contribution in [0.4, 0.5) is 16.2 Å². The van der Waals surface area contributed by atoms with Crippen LogP contribution in [0.25, 0.3) is 0 Å². The molecule has 1 aliphatic rings. The summed E-state index contributed by atoms with van der Waals surface area (Å²) < 4.78 is 0. The second-order valence-electron chi connectivity index (χ2n) is 7.30. The largest absolute Gasteiger partial charge is 0.335 e. The molecule has 0 unspecified atom stereocenters. The molecule has 0 atom stereocenters. The Morgan fingerprint density at radius 3 is 2.27 bits per heavy atom. The summed E-state index contributed by atoms with van der Waals surface area (Å²) in [6.07, 6.45) is 2.04. The van der Waals surface area contributed by atoms with E-state index in [1.54, 1.807) is 24.3 Å². The Morgan fingerprint density at radius 2 is 1.57 bits per heavy atom. The number of rotatable bonds is 7. The lowest BCUT2D eigenvalue weighted by Gasteiger charge is -2.25. The minimum atomic E-state index is -0.249. The van der Waals surface area contributed by atoms with Crippen LogP contribution in [-0.2, 0) is 6.54 Å². The van der Waals surface area contributed by atoms with Gasteiger partial charge < -0.3 is 10.6 Å². The highest BCUT2D eigenvalue weighted by Crippen LogP contribution is 2.19. The minimum Gasteiger partial charge on any atom is -0.335 e. The highest BCUT2D eigenvalue weighted by Gasteiger charge is 2.23. The zero-order valence-electron chi connectivity index (χ0n) is 16.5. The third kappa shape index (κ3) is 5.38. The summed E-state index contributed by atoms with van der Waals surface area (Å²) in [7, 11) is 0. The van der Waals surface area contributed by atoms with Crippen molar-refractivity contribution >= 4 is 23.3 Å². The number of benzene rings is 3. The molecule has 6 heteroatoms. The lowest BCUT2D eigenvalue weighted by Crippen LogP contribution is -2.42. The second-order valence-corrected chi connectivity index (χ2v) is 7.30. The van der Waals surface area contributed by atoms with Crippen molar-refractivity contribution < 1.29 is 9.59 Å². The van der Waals surface area contributed by atoms with Crippen molar-refractivity contribution in [3.8, 4) is 0 Å². The van der Waals surface area contributed by atoms with Gasteiger partial charge in [0.2, 0.25) is 0 Å². The minimum absolute atomic E-state index is 0.245. The van der Waals surface area contributed by atoms with Crippen molar-refractivity contribution in [2.75, 3.05) is 10.3 Å². The lowest BCUT2D eigenvalue weighted by atomic mass is 10.2. The molecule has 1 fully saturated rings. The van der Waals surface area contributed by atoms with E-state index in [4.69, 9.17) is 0 Å². The Bertz CT molecular complexity index is 1000. The molecule has 3 amide bonds. The first-order chi connectivity index (χ1) is 14.7. The van der Waals surface area contributed by atoms with Crippen LogP contribution in [0.3, 0.4) is 0 Å². The van der Waals surface area contributed by atoms with E-state index in [1.165, 1.54) is 0 Å². The molecule has 0 aromatic heterocycles. The van der Waals surface area contributed by atoms with Gasteiger partial charge in [0, 0.05) is 17.3 Å². The van der Waals surface area contributed by atoms with E-state index in [1.807, 2.05) is 65.7 Å². The molecule has 3 aromatic rings. The molecule has 3 aromatic carbocycles. The Morgan fingerprint density at radius 1 is 0.867 bits per heavy atom. The molecule has 6 nitrogen and oxygen atoms in total. The molecule has 1 aliphatic carbocycles. The fourth-order valence-corrected chi connectivity index (χ4v) is 3.07. The molecule has 0 saturated heterocycles. The molecule has 1 saturated carbocycles. The van der Waals surface area contributed by atoms with Crippen molar-refractivity contribution in [2.24, 2.45) is 0 Å². The Balaban J connectivity index is 1.47. The number of urea groups is 1. The number of hydrogen-bond acceptors (Lipinski definition) is 3. The summed E-state index contributed by atoms with van der Waals surface area (Å²) in [5.74, 6) is -0.249. The molecule has 3 N–H and O–H groups in total. The van der Waals surface area contributed by atoms with Crippen LogP contribution in [0.1, 0.15) is 28.8 Å². The zero-order valence-corrected chi connectivity index (χ0v) is 16.5. The number of nitrogens with one attached hydrogen (secondary N) is 3. The SMILES string of the molecule is O=C(Nc1cccc(C(=O)NN(Cc2ccccc2)c2ccccc2)c1)NC1CC1. The topological polar surface area (TPSA) is 73.5 Å². The van der Waals surface area contributed by atoms with Gasteiger partial charge in [-0.15, -0.1) is 0 Å². The van der Waals surface area contributed by atoms with Gasteiger partial charge in [-0.3, -0.25) is 15.2 Å². The van der Waals surface area contributed by atoms with E-state index in [2.05, 4.69) is 16.1 Å². The highest BCUT2D eigenvalue weighted by atomic mass is 16.2. The summed E-state index contributed by atoms with van der Waals surface area (Å²) in [6.45, 7) is 0.526. The predicted octanol–water partition coefficient (Wildman–Crippen LogP) is 4.32. The maximum absolute atomic E-state index is 13.0. The van der Waals surface area contributed by atoms with Gasteiger partial charge in [0.15, 0.2) is 0 Å². The Labute approximate surface area is 175 Å². The normalized spacial score (nSPS) is 12.7. The number of carbonyl (C=O) groups is 2. The molecular formula is C24H24N4O2. The lowest BCUT2D eigenvalue weighted by molar-refractivity contribution is 0.0948. The average Bonchev–Trinajstić information content (AvgIpc) is 3.58. The first-order valence-corrected chi connectivity index (χ1v) is 10.0. The predicted molar refractivity (Wildman–Crippen MR) is 118 cm³/mol. The van der Waals surface area contributed by atoms with Crippen molar-refractivity contribution in [3.63, 3.8) is 0 Å². The summed E-state index contributed by atoms with van der Waals surface area (Å²) in [6, 6.07) is 26.6. The summed E-state index contributed by atoms with van der Waals surface area (Å²) in [5.41, 5.74) is 5.99. The molecule has 4 rings (SSSR count). The summed E-state index contributed by atoms with van der Waals surface area (Å²) in [5, 5.41) is 7.48. The number of amides is 3. The maximum Gasteiger partial charge on any atom is 0.319 e. The van der Waals surface area contributed by atoms with Gasteiger partial charge >= 0.3 is 6.03 Å². The van der Waals surface area contributed by atoms with Crippen molar-refractivity contribution in [1.82, 2.24) is 10.7 Å². The Kier molecular flexibility index (Phi) is 5.94. The molecular weight excluding hydrogens is 376 g/mol. The van der Waals surface area contributed by atoms with Crippen LogP contribution in [0.15, 0.2) is 84.9 Å². The monoisotopic (exact) mass is 400 g/mol. The smallest absolute Gasteiger partial charge is 0.319 e. The fourth-order valence-electron chi connectivity index (χ4n) is 3.07. The number of anilines is 2. The second kappa shape index (κ2) is 9.13. The Hall–Kier alpha value is -3.80.